The summed E-state index contributed by atoms with van der Waals surface area (Å²) in [6.45, 7) is 7.97. The van der Waals surface area contributed by atoms with Gasteiger partial charge in [0.2, 0.25) is 0 Å². The topological polar surface area (TPSA) is 9.86 Å². The van der Waals surface area contributed by atoms with Gasteiger partial charge in [-0.3, -0.25) is 0 Å². The summed E-state index contributed by atoms with van der Waals surface area (Å²) < 4.78 is 4.65. The second-order valence-electron chi connectivity index (χ2n) is 7.93. The molecular weight excluding hydrogens is 388 g/mol. The van der Waals surface area contributed by atoms with Crippen LogP contribution in [0.2, 0.25) is 0 Å². The zero-order valence-electron chi connectivity index (χ0n) is 17.7. The SMILES string of the molecule is C=C/C=C(\C=C)n1c2ccccc2c2c3c4ccccc4n(-c4ccccc4)c3ccc21. The quantitative estimate of drug-likeness (QED) is 0.260. The molecule has 0 unspecified atom stereocenters. The minimum absolute atomic E-state index is 1.01. The molecule has 6 rings (SSSR count). The monoisotopic (exact) mass is 410 g/mol. The Morgan fingerprint density at radius 2 is 1.19 bits per heavy atom. The van der Waals surface area contributed by atoms with E-state index in [2.05, 4.69) is 113 Å². The van der Waals surface area contributed by atoms with Crippen LogP contribution < -0.4 is 0 Å². The molecule has 0 N–H and O–H groups in total. The summed E-state index contributed by atoms with van der Waals surface area (Å²) in [6.07, 6.45) is 5.72. The van der Waals surface area contributed by atoms with Gasteiger partial charge in [-0.2, -0.15) is 0 Å². The Bertz CT molecular complexity index is 1690. The first kappa shape index (κ1) is 18.5. The molecule has 152 valence electrons. The van der Waals surface area contributed by atoms with Crippen molar-refractivity contribution in [2.24, 2.45) is 0 Å². The van der Waals surface area contributed by atoms with E-state index >= 15 is 0 Å². The summed E-state index contributed by atoms with van der Waals surface area (Å²) in [4.78, 5) is 0. The molecule has 0 amide bonds. The van der Waals surface area contributed by atoms with E-state index in [1.165, 1.54) is 49.3 Å². The molecule has 2 aromatic heterocycles. The molecule has 0 spiro atoms. The Labute approximate surface area is 186 Å². The standard InChI is InChI=1S/C30H22N2/c1-3-12-21(4-2)31-25-17-10-8-15-23(25)29-27(31)19-20-28-30(29)24-16-9-11-18-26(24)32(28)22-13-6-5-7-14-22/h3-20H,1-2H2/b21-12+. The fraction of sp³-hybridized carbons (Fsp3) is 0. The van der Waals surface area contributed by atoms with Crippen LogP contribution in [0.5, 0.6) is 0 Å². The zero-order valence-corrected chi connectivity index (χ0v) is 17.7. The van der Waals surface area contributed by atoms with Crippen molar-refractivity contribution in [1.82, 2.24) is 9.13 Å². The molecule has 0 aliphatic heterocycles. The van der Waals surface area contributed by atoms with Gasteiger partial charge in [-0.05, 0) is 48.6 Å². The highest BCUT2D eigenvalue weighted by molar-refractivity contribution is 6.29. The van der Waals surface area contributed by atoms with Crippen molar-refractivity contribution in [2.45, 2.75) is 0 Å². The Hall–Kier alpha value is -4.30. The lowest BCUT2D eigenvalue weighted by atomic mass is 10.1. The van der Waals surface area contributed by atoms with Crippen LogP contribution in [0.4, 0.5) is 0 Å². The fourth-order valence-electron chi connectivity index (χ4n) is 5.01. The second kappa shape index (κ2) is 7.14. The fourth-order valence-corrected chi connectivity index (χ4v) is 5.01. The Morgan fingerprint density at radius 3 is 1.91 bits per heavy atom. The van der Waals surface area contributed by atoms with Crippen LogP contribution in [-0.4, -0.2) is 9.13 Å². The van der Waals surface area contributed by atoms with Crippen LogP contribution >= 0.6 is 0 Å². The maximum atomic E-state index is 4.06. The highest BCUT2D eigenvalue weighted by Gasteiger charge is 2.19. The van der Waals surface area contributed by atoms with Crippen LogP contribution in [0.25, 0.3) is 55.0 Å². The predicted molar refractivity (Wildman–Crippen MR) is 138 cm³/mol. The molecule has 0 aliphatic rings. The van der Waals surface area contributed by atoms with Crippen molar-refractivity contribution < 1.29 is 0 Å². The average Bonchev–Trinajstić information content (AvgIpc) is 3.36. The van der Waals surface area contributed by atoms with E-state index < -0.39 is 0 Å². The number of rotatable bonds is 4. The summed E-state index contributed by atoms with van der Waals surface area (Å²) in [6, 6.07) is 32.4. The van der Waals surface area contributed by atoms with E-state index in [9.17, 15) is 0 Å². The van der Waals surface area contributed by atoms with Crippen LogP contribution in [0.3, 0.4) is 0 Å². The van der Waals surface area contributed by atoms with Gasteiger partial charge in [0.15, 0.2) is 0 Å². The van der Waals surface area contributed by atoms with Gasteiger partial charge in [0.05, 0.1) is 22.1 Å². The van der Waals surface area contributed by atoms with Crippen molar-refractivity contribution in [3.63, 3.8) is 0 Å². The van der Waals surface area contributed by atoms with E-state index in [-0.39, 0.29) is 0 Å². The Kier molecular flexibility index (Phi) is 4.12. The first-order chi connectivity index (χ1) is 15.8. The van der Waals surface area contributed by atoms with Crippen molar-refractivity contribution in [3.05, 3.63) is 122 Å². The van der Waals surface area contributed by atoms with Crippen molar-refractivity contribution in [1.29, 1.82) is 0 Å². The molecule has 0 saturated carbocycles. The summed E-state index contributed by atoms with van der Waals surface area (Å²) in [5.74, 6) is 0. The molecule has 0 saturated heterocycles. The van der Waals surface area contributed by atoms with E-state index in [0.717, 1.165) is 5.70 Å². The van der Waals surface area contributed by atoms with Crippen LogP contribution in [0.15, 0.2) is 122 Å². The number of aromatic nitrogens is 2. The van der Waals surface area contributed by atoms with Gasteiger partial charge in [-0.25, -0.2) is 0 Å². The third kappa shape index (κ3) is 2.47. The lowest BCUT2D eigenvalue weighted by Gasteiger charge is -2.09. The molecule has 4 aromatic carbocycles. The molecule has 0 fully saturated rings. The lowest BCUT2D eigenvalue weighted by Crippen LogP contribution is -1.94. The maximum Gasteiger partial charge on any atom is 0.0548 e. The molecule has 0 atom stereocenters. The number of benzene rings is 4. The number of hydrogen-bond donors (Lipinski definition) is 0. The number of fused-ring (bicyclic) bond motifs is 7. The van der Waals surface area contributed by atoms with E-state index in [0.29, 0.717) is 0 Å². The molecule has 6 aromatic rings. The predicted octanol–water partition coefficient (Wildman–Crippen LogP) is 8.10. The van der Waals surface area contributed by atoms with Crippen molar-refractivity contribution in [3.8, 4) is 5.69 Å². The van der Waals surface area contributed by atoms with Crippen LogP contribution in [0, 0.1) is 0 Å². The summed E-state index contributed by atoms with van der Waals surface area (Å²) in [5, 5.41) is 5.04. The third-order valence-electron chi connectivity index (χ3n) is 6.24. The van der Waals surface area contributed by atoms with Gasteiger partial charge in [-0.15, -0.1) is 0 Å². The largest absolute Gasteiger partial charge is 0.309 e. The minimum Gasteiger partial charge on any atom is -0.309 e. The zero-order chi connectivity index (χ0) is 21.7. The lowest BCUT2D eigenvalue weighted by molar-refractivity contribution is 1.18. The average molecular weight is 411 g/mol. The Morgan fingerprint density at radius 1 is 0.594 bits per heavy atom. The van der Waals surface area contributed by atoms with Gasteiger partial charge in [-0.1, -0.05) is 73.8 Å². The first-order valence-corrected chi connectivity index (χ1v) is 10.8. The van der Waals surface area contributed by atoms with Crippen molar-refractivity contribution >= 4 is 49.3 Å². The summed E-state index contributed by atoms with van der Waals surface area (Å²) in [7, 11) is 0. The number of nitrogens with zero attached hydrogens (tertiary/aromatic N) is 2. The first-order valence-electron chi connectivity index (χ1n) is 10.8. The normalized spacial score (nSPS) is 12.2. The number of hydrogen-bond acceptors (Lipinski definition) is 0. The number of allylic oxidation sites excluding steroid dienone is 4. The molecule has 0 aliphatic carbocycles. The highest BCUT2D eigenvalue weighted by Crippen LogP contribution is 2.42. The molecule has 2 nitrogen and oxygen atoms in total. The summed E-state index contributed by atoms with van der Waals surface area (Å²) >= 11 is 0. The molecule has 2 heterocycles. The smallest absolute Gasteiger partial charge is 0.0548 e. The van der Waals surface area contributed by atoms with E-state index in [1.54, 1.807) is 0 Å². The van der Waals surface area contributed by atoms with Gasteiger partial charge in [0, 0.05) is 32.9 Å². The van der Waals surface area contributed by atoms with Gasteiger partial charge in [0.25, 0.3) is 0 Å². The van der Waals surface area contributed by atoms with Crippen LogP contribution in [-0.2, 0) is 0 Å². The van der Waals surface area contributed by atoms with Gasteiger partial charge in [0.1, 0.15) is 0 Å². The molecule has 2 heteroatoms. The third-order valence-corrected chi connectivity index (χ3v) is 6.24. The van der Waals surface area contributed by atoms with Crippen LogP contribution in [0.1, 0.15) is 0 Å². The molecule has 0 radical (unpaired) electrons. The van der Waals surface area contributed by atoms with E-state index in [1.807, 2.05) is 18.2 Å². The molecule has 0 bridgehead atoms. The van der Waals surface area contributed by atoms with Gasteiger partial charge < -0.3 is 9.13 Å². The molecular formula is C30H22N2. The van der Waals surface area contributed by atoms with Crippen molar-refractivity contribution in [2.75, 3.05) is 0 Å². The number of para-hydroxylation sites is 3. The minimum atomic E-state index is 1.01. The highest BCUT2D eigenvalue weighted by atomic mass is 15.0. The maximum absolute atomic E-state index is 4.06. The van der Waals surface area contributed by atoms with E-state index in [4.69, 9.17) is 0 Å². The second-order valence-corrected chi connectivity index (χ2v) is 7.93. The summed E-state index contributed by atoms with van der Waals surface area (Å²) in [5.41, 5.74) is 6.93. The van der Waals surface area contributed by atoms with Gasteiger partial charge >= 0.3 is 0 Å². The molecule has 32 heavy (non-hydrogen) atoms. The Balaban J connectivity index is 1.89.